The molecule has 5 nitrogen and oxygen atoms in total. The van der Waals surface area contributed by atoms with Gasteiger partial charge in [0, 0.05) is 13.1 Å². The number of nitrogen functional groups attached to an aromatic ring is 1. The minimum atomic E-state index is -0.429. The molecule has 0 saturated heterocycles. The zero-order chi connectivity index (χ0) is 13.0. The fourth-order valence-corrected chi connectivity index (χ4v) is 2.50. The van der Waals surface area contributed by atoms with Crippen molar-refractivity contribution in [3.8, 4) is 0 Å². The minimum absolute atomic E-state index is 0.243. The van der Waals surface area contributed by atoms with Gasteiger partial charge in [-0.2, -0.15) is 4.37 Å². The van der Waals surface area contributed by atoms with Crippen molar-refractivity contribution in [3.63, 3.8) is 0 Å². The van der Waals surface area contributed by atoms with Crippen molar-refractivity contribution < 1.29 is 9.53 Å². The number of ether oxygens (including phenoxy) is 1. The van der Waals surface area contributed by atoms with E-state index >= 15 is 0 Å². The van der Waals surface area contributed by atoms with Crippen LogP contribution in [-0.4, -0.2) is 30.5 Å². The summed E-state index contributed by atoms with van der Waals surface area (Å²) in [5.41, 5.74) is 6.08. The van der Waals surface area contributed by atoms with Crippen LogP contribution in [0.15, 0.2) is 0 Å². The van der Waals surface area contributed by atoms with Gasteiger partial charge in [0.25, 0.3) is 0 Å². The van der Waals surface area contributed by atoms with Gasteiger partial charge in [-0.15, -0.1) is 0 Å². The number of aromatic nitrogens is 1. The van der Waals surface area contributed by atoms with Crippen molar-refractivity contribution in [2.24, 2.45) is 0 Å². The summed E-state index contributed by atoms with van der Waals surface area (Å²) in [5.74, 6) is -0.186. The van der Waals surface area contributed by atoms with E-state index in [1.165, 1.54) is 18.6 Å². The average Bonchev–Trinajstić information content (AvgIpc) is 2.69. The summed E-state index contributed by atoms with van der Waals surface area (Å²) in [6, 6.07) is 0.336. The lowest BCUT2D eigenvalue weighted by Crippen LogP contribution is -2.29. The van der Waals surface area contributed by atoms with E-state index < -0.39 is 5.97 Å². The van der Waals surface area contributed by atoms with Crippen molar-refractivity contribution >= 4 is 28.3 Å². The highest BCUT2D eigenvalue weighted by Gasteiger charge is 2.24. The predicted molar refractivity (Wildman–Crippen MR) is 70.6 cm³/mol. The molecule has 0 amide bonds. The van der Waals surface area contributed by atoms with E-state index in [-0.39, 0.29) is 5.82 Å². The lowest BCUT2D eigenvalue weighted by atomic mass is 10.1. The number of nitrogens with zero attached hydrogens (tertiary/aromatic N) is 2. The number of methoxy groups -OCH3 is 1. The Morgan fingerprint density at radius 3 is 2.82 bits per heavy atom. The summed E-state index contributed by atoms with van der Waals surface area (Å²) >= 11 is 1.23. The largest absolute Gasteiger partial charge is 0.465 e. The fourth-order valence-electron chi connectivity index (χ4n) is 1.64. The van der Waals surface area contributed by atoms with Gasteiger partial charge in [-0.3, -0.25) is 0 Å². The molecule has 0 spiro atoms. The van der Waals surface area contributed by atoms with E-state index in [1.54, 1.807) is 0 Å². The molecular formula is C11H19N3O2S. The van der Waals surface area contributed by atoms with Crippen LogP contribution in [0.25, 0.3) is 0 Å². The van der Waals surface area contributed by atoms with E-state index in [0.717, 1.165) is 17.8 Å². The number of rotatable bonds is 5. The number of esters is 1. The molecule has 1 rings (SSSR count). The summed E-state index contributed by atoms with van der Waals surface area (Å²) in [6.45, 7) is 4.24. The number of hydrogen-bond donors (Lipinski definition) is 1. The molecule has 0 aliphatic heterocycles. The molecule has 0 aliphatic carbocycles. The van der Waals surface area contributed by atoms with Gasteiger partial charge in [-0.05, 0) is 24.9 Å². The van der Waals surface area contributed by atoms with E-state index in [2.05, 4.69) is 18.2 Å². The second kappa shape index (κ2) is 5.86. The highest BCUT2D eigenvalue weighted by atomic mass is 32.1. The normalized spacial score (nSPS) is 12.2. The molecule has 2 N–H and O–H groups in total. The van der Waals surface area contributed by atoms with Crippen molar-refractivity contribution in [2.45, 2.75) is 32.7 Å². The molecule has 1 aromatic rings. The first-order valence-corrected chi connectivity index (χ1v) is 6.36. The Kier molecular flexibility index (Phi) is 4.74. The van der Waals surface area contributed by atoms with Crippen LogP contribution in [0.3, 0.4) is 0 Å². The first-order valence-electron chi connectivity index (χ1n) is 5.59. The zero-order valence-electron chi connectivity index (χ0n) is 10.7. The third-order valence-electron chi connectivity index (χ3n) is 2.78. The molecule has 0 fully saturated rings. The first kappa shape index (κ1) is 13.8. The standard InChI is InChI=1S/C11H19N3O2S/c1-5-6-7(2)14(3)10-8(11(15)16-4)9(12)13-17-10/h7H,5-6H2,1-4H3,(H2,12,13). The fraction of sp³-hybridized carbons (Fsp3) is 0.636. The number of anilines is 2. The molecule has 0 saturated carbocycles. The average molecular weight is 257 g/mol. The minimum Gasteiger partial charge on any atom is -0.465 e. The topological polar surface area (TPSA) is 68.5 Å². The van der Waals surface area contributed by atoms with E-state index in [0.29, 0.717) is 11.6 Å². The lowest BCUT2D eigenvalue weighted by Gasteiger charge is -2.25. The maximum Gasteiger partial charge on any atom is 0.344 e. The van der Waals surface area contributed by atoms with Crippen LogP contribution in [0.5, 0.6) is 0 Å². The van der Waals surface area contributed by atoms with Gasteiger partial charge in [0.2, 0.25) is 0 Å². The van der Waals surface area contributed by atoms with Crippen LogP contribution in [0.4, 0.5) is 10.8 Å². The van der Waals surface area contributed by atoms with Crippen molar-refractivity contribution in [1.29, 1.82) is 0 Å². The Balaban J connectivity index is 3.01. The summed E-state index contributed by atoms with van der Waals surface area (Å²) in [5, 5.41) is 0.773. The Morgan fingerprint density at radius 1 is 1.65 bits per heavy atom. The smallest absolute Gasteiger partial charge is 0.344 e. The highest BCUT2D eigenvalue weighted by molar-refractivity contribution is 7.11. The van der Waals surface area contributed by atoms with Gasteiger partial charge in [-0.25, -0.2) is 4.79 Å². The molecule has 17 heavy (non-hydrogen) atoms. The first-order chi connectivity index (χ1) is 8.02. The van der Waals surface area contributed by atoms with Crippen LogP contribution in [0.2, 0.25) is 0 Å². The van der Waals surface area contributed by atoms with Gasteiger partial charge >= 0.3 is 5.97 Å². The second-order valence-electron chi connectivity index (χ2n) is 3.99. The van der Waals surface area contributed by atoms with E-state index in [1.807, 2.05) is 11.9 Å². The van der Waals surface area contributed by atoms with Crippen molar-refractivity contribution in [2.75, 3.05) is 24.8 Å². The number of nitrogens with two attached hydrogens (primary N) is 1. The van der Waals surface area contributed by atoms with Gasteiger partial charge in [0.15, 0.2) is 5.82 Å². The number of carbonyl (C=O) groups excluding carboxylic acids is 1. The third-order valence-corrected chi connectivity index (χ3v) is 3.73. The van der Waals surface area contributed by atoms with Crippen LogP contribution in [0, 0.1) is 0 Å². The molecule has 6 heteroatoms. The summed E-state index contributed by atoms with van der Waals surface area (Å²) < 4.78 is 8.75. The van der Waals surface area contributed by atoms with Crippen molar-refractivity contribution in [1.82, 2.24) is 4.37 Å². The van der Waals surface area contributed by atoms with Crippen LogP contribution in [0.1, 0.15) is 37.0 Å². The van der Waals surface area contributed by atoms with E-state index in [9.17, 15) is 4.79 Å². The summed E-state index contributed by atoms with van der Waals surface area (Å²) in [4.78, 5) is 13.7. The Hall–Kier alpha value is -1.30. The third kappa shape index (κ3) is 2.88. The molecule has 1 unspecified atom stereocenters. The molecule has 0 bridgehead atoms. The summed E-state index contributed by atoms with van der Waals surface area (Å²) in [7, 11) is 3.29. The summed E-state index contributed by atoms with van der Waals surface area (Å²) in [6.07, 6.45) is 2.14. The molecule has 0 radical (unpaired) electrons. The predicted octanol–water partition coefficient (Wildman–Crippen LogP) is 2.14. The molecule has 1 atom stereocenters. The molecule has 96 valence electrons. The lowest BCUT2D eigenvalue weighted by molar-refractivity contribution is 0.0603. The van der Waals surface area contributed by atoms with Crippen LogP contribution < -0.4 is 10.6 Å². The zero-order valence-corrected chi connectivity index (χ0v) is 11.5. The maximum absolute atomic E-state index is 11.6. The number of hydrogen-bond acceptors (Lipinski definition) is 6. The van der Waals surface area contributed by atoms with Gasteiger partial charge in [-0.1, -0.05) is 13.3 Å². The van der Waals surface area contributed by atoms with E-state index in [4.69, 9.17) is 10.5 Å². The van der Waals surface area contributed by atoms with Crippen LogP contribution >= 0.6 is 11.5 Å². The Bertz CT molecular complexity index is 392. The molecule has 1 aromatic heterocycles. The monoisotopic (exact) mass is 257 g/mol. The molecule has 1 heterocycles. The second-order valence-corrected chi connectivity index (χ2v) is 4.74. The molecule has 0 aliphatic rings. The Labute approximate surface area is 106 Å². The van der Waals surface area contributed by atoms with Crippen molar-refractivity contribution in [3.05, 3.63) is 5.56 Å². The van der Waals surface area contributed by atoms with Crippen LogP contribution in [-0.2, 0) is 4.74 Å². The molecular weight excluding hydrogens is 238 g/mol. The maximum atomic E-state index is 11.6. The van der Waals surface area contributed by atoms with Gasteiger partial charge < -0.3 is 15.4 Å². The SMILES string of the molecule is CCCC(C)N(C)c1snc(N)c1C(=O)OC. The molecule has 0 aromatic carbocycles. The Morgan fingerprint density at radius 2 is 2.29 bits per heavy atom. The quantitative estimate of drug-likeness (QED) is 0.818. The highest BCUT2D eigenvalue weighted by Crippen LogP contribution is 2.32. The van der Waals surface area contributed by atoms with Gasteiger partial charge in [0.05, 0.1) is 7.11 Å². The number of carbonyl (C=O) groups is 1. The van der Waals surface area contributed by atoms with Gasteiger partial charge in [0.1, 0.15) is 10.6 Å².